The van der Waals surface area contributed by atoms with Crippen LogP contribution in [0.2, 0.25) is 0 Å². The zero-order valence-electron chi connectivity index (χ0n) is 19.7. The molecule has 0 saturated carbocycles. The molecule has 0 bridgehead atoms. The van der Waals surface area contributed by atoms with Crippen LogP contribution in [0.4, 0.5) is 13.2 Å². The molecule has 3 aromatic carbocycles. The van der Waals surface area contributed by atoms with Gasteiger partial charge in [0, 0.05) is 12.5 Å². The molecule has 37 heavy (non-hydrogen) atoms. The summed E-state index contributed by atoms with van der Waals surface area (Å²) in [6.07, 6.45) is -4.03. The first kappa shape index (κ1) is 25.7. The molecule has 1 aromatic heterocycles. The Kier molecular flexibility index (Phi) is 7.41. The normalized spacial score (nSPS) is 12.2. The largest absolute Gasteiger partial charge is 0.508 e. The molecule has 1 atom stereocenters. The van der Waals surface area contributed by atoms with Gasteiger partial charge in [0.05, 0.1) is 35.4 Å². The molecule has 0 aliphatic carbocycles. The molecule has 1 amide bonds. The van der Waals surface area contributed by atoms with Gasteiger partial charge in [0.15, 0.2) is 0 Å². The molecular weight excluding hydrogens is 483 g/mol. The lowest BCUT2D eigenvalue weighted by atomic mass is 9.99. The highest BCUT2D eigenvalue weighted by atomic mass is 19.4. The number of hydrogen-bond acceptors (Lipinski definition) is 5. The van der Waals surface area contributed by atoms with Gasteiger partial charge in [-0.15, -0.1) is 0 Å². The van der Waals surface area contributed by atoms with E-state index in [9.17, 15) is 28.3 Å². The second-order valence-corrected chi connectivity index (χ2v) is 8.47. The van der Waals surface area contributed by atoms with Gasteiger partial charge in [0.1, 0.15) is 11.4 Å². The highest BCUT2D eigenvalue weighted by Gasteiger charge is 2.30. The molecule has 1 heterocycles. The van der Waals surface area contributed by atoms with Gasteiger partial charge >= 0.3 is 6.18 Å². The number of amides is 1. The summed E-state index contributed by atoms with van der Waals surface area (Å²) in [6, 6.07) is 19.3. The van der Waals surface area contributed by atoms with Crippen LogP contribution in [0.1, 0.15) is 27.2 Å². The molecule has 9 heteroatoms. The van der Waals surface area contributed by atoms with Crippen molar-refractivity contribution in [2.24, 2.45) is 0 Å². The van der Waals surface area contributed by atoms with Crippen LogP contribution in [-0.4, -0.2) is 35.8 Å². The Balaban J connectivity index is 1.62. The van der Waals surface area contributed by atoms with Crippen LogP contribution < -0.4 is 5.32 Å². The molecule has 4 rings (SSSR count). The topological polar surface area (TPSA) is 95.2 Å². The Labute approximate surface area is 211 Å². The van der Waals surface area contributed by atoms with Gasteiger partial charge in [-0.2, -0.15) is 18.4 Å². The van der Waals surface area contributed by atoms with Crippen molar-refractivity contribution < 1.29 is 27.8 Å². The Hall–Kier alpha value is -4.42. The van der Waals surface area contributed by atoms with Crippen molar-refractivity contribution >= 4 is 16.8 Å². The van der Waals surface area contributed by atoms with Crippen molar-refractivity contribution in [3.05, 3.63) is 95.2 Å². The highest BCUT2D eigenvalue weighted by Crippen LogP contribution is 2.33. The molecule has 0 aliphatic heterocycles. The molecule has 0 aliphatic rings. The number of alkyl halides is 3. The number of carbonyl (C=O) groups is 1. The van der Waals surface area contributed by atoms with E-state index in [1.165, 1.54) is 19.2 Å². The molecule has 6 nitrogen and oxygen atoms in total. The smallest absolute Gasteiger partial charge is 0.416 e. The van der Waals surface area contributed by atoms with Gasteiger partial charge in [-0.3, -0.25) is 4.79 Å². The number of phenols is 1. The average molecular weight is 505 g/mol. The number of nitrogens with zero attached hydrogens (tertiary/aromatic N) is 2. The summed E-state index contributed by atoms with van der Waals surface area (Å²) in [5, 5.41) is 22.5. The number of halogens is 3. The first-order valence-corrected chi connectivity index (χ1v) is 11.3. The van der Waals surface area contributed by atoms with Crippen LogP contribution in [0, 0.1) is 11.3 Å². The number of fused-ring (bicyclic) bond motifs is 1. The lowest BCUT2D eigenvalue weighted by molar-refractivity contribution is -0.137. The van der Waals surface area contributed by atoms with Crippen molar-refractivity contribution in [1.82, 2.24) is 10.3 Å². The zero-order valence-corrected chi connectivity index (χ0v) is 19.7. The maximum Gasteiger partial charge on any atom is 0.416 e. The first-order valence-electron chi connectivity index (χ1n) is 11.3. The summed E-state index contributed by atoms with van der Waals surface area (Å²) < 4.78 is 44.7. The molecule has 4 aromatic rings. The van der Waals surface area contributed by atoms with Gasteiger partial charge in [-0.1, -0.05) is 30.3 Å². The minimum absolute atomic E-state index is 0.0303. The van der Waals surface area contributed by atoms with Crippen molar-refractivity contribution in [2.45, 2.75) is 18.6 Å². The Morgan fingerprint density at radius 3 is 2.49 bits per heavy atom. The Morgan fingerprint density at radius 1 is 1.08 bits per heavy atom. The summed E-state index contributed by atoms with van der Waals surface area (Å²) >= 11 is 0. The van der Waals surface area contributed by atoms with Gasteiger partial charge in [-0.25, -0.2) is 4.98 Å². The molecule has 0 saturated heterocycles. The summed E-state index contributed by atoms with van der Waals surface area (Å²) in [5.74, 6) is -0.363. The van der Waals surface area contributed by atoms with Crippen LogP contribution in [0.15, 0.2) is 72.8 Å². The van der Waals surface area contributed by atoms with Crippen molar-refractivity contribution in [3.8, 4) is 22.9 Å². The van der Waals surface area contributed by atoms with Crippen molar-refractivity contribution in [2.75, 3.05) is 13.7 Å². The number of aromatic nitrogens is 1. The summed E-state index contributed by atoms with van der Waals surface area (Å²) in [4.78, 5) is 17.4. The van der Waals surface area contributed by atoms with Crippen LogP contribution in [0.25, 0.3) is 22.0 Å². The van der Waals surface area contributed by atoms with E-state index in [-0.39, 0.29) is 23.6 Å². The number of aromatic hydroxyl groups is 1. The van der Waals surface area contributed by atoms with E-state index in [0.717, 1.165) is 17.7 Å². The quantitative estimate of drug-likeness (QED) is 0.347. The Morgan fingerprint density at radius 2 is 1.81 bits per heavy atom. The maximum atomic E-state index is 13.1. The highest BCUT2D eigenvalue weighted by molar-refractivity contribution is 5.98. The number of pyridine rings is 1. The van der Waals surface area contributed by atoms with E-state index in [0.29, 0.717) is 28.5 Å². The van der Waals surface area contributed by atoms with Crippen molar-refractivity contribution in [3.63, 3.8) is 0 Å². The molecule has 0 spiro atoms. The second-order valence-electron chi connectivity index (χ2n) is 8.47. The van der Waals surface area contributed by atoms with Crippen LogP contribution in [0.5, 0.6) is 5.75 Å². The number of carbonyl (C=O) groups excluding carboxylic acids is 1. The monoisotopic (exact) mass is 505 g/mol. The third-order valence-corrected chi connectivity index (χ3v) is 5.81. The summed E-state index contributed by atoms with van der Waals surface area (Å²) in [5.41, 5.74) is 1.51. The molecule has 0 radical (unpaired) electrons. The fraction of sp³-hybridized carbons (Fsp3) is 0.179. The predicted octanol–water partition coefficient (Wildman–Crippen LogP) is 5.49. The average Bonchev–Trinajstić information content (AvgIpc) is 2.88. The zero-order chi connectivity index (χ0) is 26.6. The number of nitrogens with one attached hydrogen (secondary N) is 1. The van der Waals surface area contributed by atoms with E-state index in [1.54, 1.807) is 48.5 Å². The van der Waals surface area contributed by atoms with Crippen LogP contribution in [-0.2, 0) is 17.3 Å². The summed E-state index contributed by atoms with van der Waals surface area (Å²) in [6.45, 7) is 0.228. The number of ether oxygens (including phenoxy) is 1. The Bertz CT molecular complexity index is 1480. The third-order valence-electron chi connectivity index (χ3n) is 5.81. The molecule has 188 valence electrons. The number of phenolic OH excluding ortho intramolecular Hbond substituents is 1. The fourth-order valence-electron chi connectivity index (χ4n) is 4.02. The van der Waals surface area contributed by atoms with E-state index in [2.05, 4.69) is 16.4 Å². The second kappa shape index (κ2) is 10.7. The lowest BCUT2D eigenvalue weighted by Crippen LogP contribution is -2.40. The fourth-order valence-corrected chi connectivity index (χ4v) is 4.02. The van der Waals surface area contributed by atoms with E-state index in [4.69, 9.17) is 4.74 Å². The van der Waals surface area contributed by atoms with Gasteiger partial charge in [-0.05, 0) is 65.6 Å². The molecular formula is C28H22F3N3O3. The van der Waals surface area contributed by atoms with E-state index < -0.39 is 23.7 Å². The van der Waals surface area contributed by atoms with Gasteiger partial charge in [0.25, 0.3) is 5.91 Å². The molecule has 0 fully saturated rings. The number of nitriles is 1. The third kappa shape index (κ3) is 6.05. The van der Waals surface area contributed by atoms with Gasteiger partial charge < -0.3 is 15.2 Å². The predicted molar refractivity (Wildman–Crippen MR) is 132 cm³/mol. The molecule has 1 unspecified atom stereocenters. The van der Waals surface area contributed by atoms with Gasteiger partial charge in [0.2, 0.25) is 0 Å². The summed E-state index contributed by atoms with van der Waals surface area (Å²) in [7, 11) is 1.51. The maximum absolute atomic E-state index is 13.1. The van der Waals surface area contributed by atoms with E-state index in [1.807, 2.05) is 0 Å². The minimum atomic E-state index is -4.47. The molecule has 2 N–H and O–H groups in total. The van der Waals surface area contributed by atoms with Crippen LogP contribution >= 0.6 is 0 Å². The van der Waals surface area contributed by atoms with E-state index >= 15 is 0 Å². The first-order chi connectivity index (χ1) is 17.7. The lowest BCUT2D eigenvalue weighted by Gasteiger charge is -2.18. The SMILES string of the molecule is COCC(Cc1ccc(O)cc1)NC(=O)c1cc(C#N)c2cc(-c3cccc(C(F)(F)F)c3)ccc2n1. The standard InChI is InChI=1S/C28H22F3N3O3/c1-37-16-22(11-17-5-8-23(35)9-6-17)33-27(36)26-14-20(15-32)24-13-19(7-10-25(24)34-26)18-3-2-4-21(12-18)28(29,30)31/h2-10,12-14,22,35H,11,16H2,1H3,(H,33,36). The van der Waals surface area contributed by atoms with Crippen LogP contribution in [0.3, 0.4) is 0 Å². The number of hydrogen-bond donors (Lipinski definition) is 2. The number of benzene rings is 3. The number of rotatable bonds is 7. The van der Waals surface area contributed by atoms with Crippen molar-refractivity contribution in [1.29, 1.82) is 5.26 Å². The minimum Gasteiger partial charge on any atom is -0.508 e. The number of methoxy groups -OCH3 is 1.